The number of para-hydroxylation sites is 1. The summed E-state index contributed by atoms with van der Waals surface area (Å²) in [5, 5.41) is 3.52. The summed E-state index contributed by atoms with van der Waals surface area (Å²) < 4.78 is 5.94. The Morgan fingerprint density at radius 3 is 2.88 bits per heavy atom. The first-order valence-electron chi connectivity index (χ1n) is 9.07. The summed E-state index contributed by atoms with van der Waals surface area (Å²) in [6.07, 6.45) is 1.31. The highest BCUT2D eigenvalue weighted by Gasteiger charge is 2.25. The molecule has 2 aliphatic heterocycles. The largest absolute Gasteiger partial charge is 0.374 e. The van der Waals surface area contributed by atoms with Gasteiger partial charge >= 0.3 is 0 Å². The third kappa shape index (κ3) is 5.31. The topological polar surface area (TPSA) is 40.1 Å². The highest BCUT2D eigenvalue weighted by molar-refractivity contribution is 14.0. The van der Waals surface area contributed by atoms with Gasteiger partial charge in [-0.3, -0.25) is 9.89 Å². The summed E-state index contributed by atoms with van der Waals surface area (Å²) in [6, 6.07) is 8.59. The van der Waals surface area contributed by atoms with Crippen molar-refractivity contribution in [1.29, 1.82) is 0 Å². The van der Waals surface area contributed by atoms with E-state index in [0.29, 0.717) is 5.92 Å². The fourth-order valence-corrected chi connectivity index (χ4v) is 3.64. The SMILES string of the molecule is CN=C(NCC1CN(CC(C)C)CCO1)N1CCc2ccccc21.I. The van der Waals surface area contributed by atoms with Crippen LogP contribution in [0, 0.1) is 5.92 Å². The van der Waals surface area contributed by atoms with Crippen LogP contribution >= 0.6 is 24.0 Å². The number of halogens is 1. The molecule has 0 aromatic heterocycles. The van der Waals surface area contributed by atoms with Crippen molar-refractivity contribution in [2.75, 3.05) is 51.3 Å². The number of nitrogens with one attached hydrogen (secondary N) is 1. The molecule has 1 unspecified atom stereocenters. The van der Waals surface area contributed by atoms with E-state index >= 15 is 0 Å². The van der Waals surface area contributed by atoms with Crippen LogP contribution in [0.2, 0.25) is 0 Å². The van der Waals surface area contributed by atoms with Crippen LogP contribution in [0.1, 0.15) is 19.4 Å². The second-order valence-electron chi connectivity index (χ2n) is 7.10. The number of aliphatic imine (C=N–C) groups is 1. The minimum Gasteiger partial charge on any atom is -0.374 e. The van der Waals surface area contributed by atoms with E-state index in [9.17, 15) is 0 Å². The van der Waals surface area contributed by atoms with Crippen molar-refractivity contribution in [3.63, 3.8) is 0 Å². The number of guanidine groups is 1. The number of anilines is 1. The van der Waals surface area contributed by atoms with Gasteiger partial charge in [0, 0.05) is 45.5 Å². The molecule has 1 atom stereocenters. The number of ether oxygens (including phenoxy) is 1. The summed E-state index contributed by atoms with van der Waals surface area (Å²) in [4.78, 5) is 9.27. The van der Waals surface area contributed by atoms with Gasteiger partial charge in [-0.25, -0.2) is 0 Å². The van der Waals surface area contributed by atoms with Gasteiger partial charge in [0.2, 0.25) is 0 Å². The number of hydrogen-bond donors (Lipinski definition) is 1. The molecule has 25 heavy (non-hydrogen) atoms. The van der Waals surface area contributed by atoms with Crippen molar-refractivity contribution in [3.8, 4) is 0 Å². The third-order valence-electron chi connectivity index (χ3n) is 4.69. The summed E-state index contributed by atoms with van der Waals surface area (Å²) in [6.45, 7) is 10.4. The molecule has 6 heteroatoms. The predicted molar refractivity (Wildman–Crippen MR) is 115 cm³/mol. The lowest BCUT2D eigenvalue weighted by Gasteiger charge is -2.34. The van der Waals surface area contributed by atoms with E-state index in [2.05, 4.69) is 58.2 Å². The zero-order valence-corrected chi connectivity index (χ0v) is 17.9. The van der Waals surface area contributed by atoms with Crippen molar-refractivity contribution >= 4 is 35.6 Å². The molecule has 0 spiro atoms. The molecule has 0 bridgehead atoms. The van der Waals surface area contributed by atoms with Gasteiger partial charge in [-0.15, -0.1) is 24.0 Å². The molecular formula is C19H31IN4O. The molecule has 0 radical (unpaired) electrons. The zero-order chi connectivity index (χ0) is 16.9. The second kappa shape index (κ2) is 9.73. The van der Waals surface area contributed by atoms with Crippen LogP contribution in [0.15, 0.2) is 29.3 Å². The Bertz CT molecular complexity index is 578. The van der Waals surface area contributed by atoms with Gasteiger partial charge in [-0.2, -0.15) is 0 Å². The lowest BCUT2D eigenvalue weighted by Crippen LogP contribution is -2.50. The van der Waals surface area contributed by atoms with Crippen LogP contribution in [-0.2, 0) is 11.2 Å². The fraction of sp³-hybridized carbons (Fsp3) is 0.632. The molecule has 140 valence electrons. The summed E-state index contributed by atoms with van der Waals surface area (Å²) in [5.41, 5.74) is 2.68. The van der Waals surface area contributed by atoms with Gasteiger partial charge in [0.1, 0.15) is 0 Å². The number of fused-ring (bicyclic) bond motifs is 1. The molecular weight excluding hydrogens is 427 g/mol. The van der Waals surface area contributed by atoms with Crippen molar-refractivity contribution in [2.24, 2.45) is 10.9 Å². The number of morpholine rings is 1. The standard InChI is InChI=1S/C19H30N4O.HI/c1-15(2)13-22-10-11-24-17(14-22)12-21-19(20-3)23-9-8-16-6-4-5-7-18(16)23;/h4-7,15,17H,8-14H2,1-3H3,(H,20,21);1H. The number of rotatable bonds is 4. The quantitative estimate of drug-likeness (QED) is 0.428. The van der Waals surface area contributed by atoms with Gasteiger partial charge in [-0.05, 0) is 24.0 Å². The minimum atomic E-state index is 0. The van der Waals surface area contributed by atoms with Gasteiger partial charge in [-0.1, -0.05) is 32.0 Å². The molecule has 0 amide bonds. The van der Waals surface area contributed by atoms with Crippen molar-refractivity contribution < 1.29 is 4.74 Å². The van der Waals surface area contributed by atoms with E-state index in [1.165, 1.54) is 11.3 Å². The molecule has 1 aromatic rings. The van der Waals surface area contributed by atoms with Crippen LogP contribution in [0.5, 0.6) is 0 Å². The Labute approximate surface area is 168 Å². The van der Waals surface area contributed by atoms with Crippen molar-refractivity contribution in [3.05, 3.63) is 29.8 Å². The van der Waals surface area contributed by atoms with Crippen LogP contribution in [0.3, 0.4) is 0 Å². The van der Waals surface area contributed by atoms with E-state index in [4.69, 9.17) is 4.74 Å². The maximum absolute atomic E-state index is 5.94. The zero-order valence-electron chi connectivity index (χ0n) is 15.6. The number of benzene rings is 1. The van der Waals surface area contributed by atoms with E-state index in [1.54, 1.807) is 0 Å². The highest BCUT2D eigenvalue weighted by Crippen LogP contribution is 2.27. The number of nitrogens with zero attached hydrogens (tertiary/aromatic N) is 3. The minimum absolute atomic E-state index is 0. The Morgan fingerprint density at radius 1 is 1.32 bits per heavy atom. The summed E-state index contributed by atoms with van der Waals surface area (Å²) >= 11 is 0. The molecule has 0 saturated carbocycles. The molecule has 1 saturated heterocycles. The third-order valence-corrected chi connectivity index (χ3v) is 4.69. The molecule has 1 N–H and O–H groups in total. The first kappa shape index (κ1) is 20.5. The maximum Gasteiger partial charge on any atom is 0.198 e. The predicted octanol–water partition coefficient (Wildman–Crippen LogP) is 2.60. The monoisotopic (exact) mass is 458 g/mol. The lowest BCUT2D eigenvalue weighted by atomic mass is 10.2. The summed E-state index contributed by atoms with van der Waals surface area (Å²) in [7, 11) is 1.86. The van der Waals surface area contributed by atoms with Gasteiger partial charge in [0.15, 0.2) is 5.96 Å². The average molecular weight is 458 g/mol. The molecule has 3 rings (SSSR count). The molecule has 1 fully saturated rings. The first-order valence-corrected chi connectivity index (χ1v) is 9.07. The Kier molecular flexibility index (Phi) is 7.96. The van der Waals surface area contributed by atoms with Crippen LogP contribution in [-0.4, -0.2) is 63.3 Å². The fourth-order valence-electron chi connectivity index (χ4n) is 3.64. The molecule has 0 aliphatic carbocycles. The van der Waals surface area contributed by atoms with E-state index in [0.717, 1.165) is 51.7 Å². The Balaban J connectivity index is 0.00000225. The molecule has 2 aliphatic rings. The maximum atomic E-state index is 5.94. The van der Waals surface area contributed by atoms with E-state index in [-0.39, 0.29) is 30.1 Å². The van der Waals surface area contributed by atoms with E-state index in [1.807, 2.05) is 7.05 Å². The average Bonchev–Trinajstić information content (AvgIpc) is 2.99. The highest BCUT2D eigenvalue weighted by atomic mass is 127. The summed E-state index contributed by atoms with van der Waals surface area (Å²) in [5.74, 6) is 1.65. The molecule has 2 heterocycles. The Hall–Kier alpha value is -0.860. The second-order valence-corrected chi connectivity index (χ2v) is 7.10. The van der Waals surface area contributed by atoms with Crippen molar-refractivity contribution in [2.45, 2.75) is 26.4 Å². The van der Waals surface area contributed by atoms with Crippen molar-refractivity contribution in [1.82, 2.24) is 10.2 Å². The van der Waals surface area contributed by atoms with Gasteiger partial charge in [0.05, 0.1) is 12.7 Å². The van der Waals surface area contributed by atoms with Gasteiger partial charge < -0.3 is 15.0 Å². The molecule has 1 aromatic carbocycles. The van der Waals surface area contributed by atoms with Crippen LogP contribution < -0.4 is 10.2 Å². The van der Waals surface area contributed by atoms with E-state index < -0.39 is 0 Å². The smallest absolute Gasteiger partial charge is 0.198 e. The van der Waals surface area contributed by atoms with Crippen LogP contribution in [0.25, 0.3) is 0 Å². The lowest BCUT2D eigenvalue weighted by molar-refractivity contribution is -0.0284. The Morgan fingerprint density at radius 2 is 2.12 bits per heavy atom. The van der Waals surface area contributed by atoms with Gasteiger partial charge in [0.25, 0.3) is 0 Å². The van der Waals surface area contributed by atoms with Crippen LogP contribution in [0.4, 0.5) is 5.69 Å². The molecule has 5 nitrogen and oxygen atoms in total. The number of hydrogen-bond acceptors (Lipinski definition) is 3. The normalized spacial score (nSPS) is 21.2. The first-order chi connectivity index (χ1) is 11.7.